The lowest BCUT2D eigenvalue weighted by molar-refractivity contribution is 0.202. The molecular formula is C20H23BrN6O4S. The van der Waals surface area contributed by atoms with Crippen LogP contribution in [-0.4, -0.2) is 48.1 Å². The zero-order valence-corrected chi connectivity index (χ0v) is 19.3. The molecule has 0 unspecified atom stereocenters. The lowest BCUT2D eigenvalue weighted by Crippen LogP contribution is -2.31. The molecule has 0 radical (unpaired) electrons. The molecule has 10 nitrogen and oxygen atoms in total. The summed E-state index contributed by atoms with van der Waals surface area (Å²) in [6, 6.07) is -2.66. The molecule has 0 saturated carbocycles. The summed E-state index contributed by atoms with van der Waals surface area (Å²) in [5.74, 6) is -1.14. The molecule has 0 aliphatic heterocycles. The van der Waals surface area contributed by atoms with Gasteiger partial charge in [0.25, 0.3) is 10.2 Å². The molecule has 0 bridgehead atoms. The Morgan fingerprint density at radius 2 is 1.84 bits per heavy atom. The van der Waals surface area contributed by atoms with E-state index in [0.29, 0.717) is 6.42 Å². The Morgan fingerprint density at radius 1 is 1.12 bits per heavy atom. The number of nitrogens with one attached hydrogen (secondary N) is 2. The van der Waals surface area contributed by atoms with Crippen LogP contribution >= 0.6 is 15.9 Å². The molecule has 0 aliphatic rings. The number of benzene rings is 1. The largest absolute Gasteiger partial charge is 0.473 e. The minimum absolute atomic E-state index is 0.0690. The first-order chi connectivity index (χ1) is 18.6. The smallest absolute Gasteiger partial charge is 0.316 e. The van der Waals surface area contributed by atoms with Crippen molar-refractivity contribution in [3.05, 3.63) is 52.9 Å². The highest BCUT2D eigenvalue weighted by Gasteiger charge is 2.19. The van der Waals surface area contributed by atoms with Crippen LogP contribution in [0.2, 0.25) is 0 Å². The van der Waals surface area contributed by atoms with E-state index in [-0.39, 0.29) is 28.9 Å². The lowest BCUT2D eigenvalue weighted by Gasteiger charge is -2.15. The topological polar surface area (TPSA) is 128 Å². The molecule has 3 rings (SSSR count). The second-order valence-corrected chi connectivity index (χ2v) is 8.27. The van der Waals surface area contributed by atoms with E-state index in [1.807, 2.05) is 0 Å². The van der Waals surface area contributed by atoms with E-state index in [9.17, 15) is 8.42 Å². The average Bonchev–Trinajstić information content (AvgIpc) is 2.88. The van der Waals surface area contributed by atoms with Crippen LogP contribution in [-0.2, 0) is 10.2 Å². The van der Waals surface area contributed by atoms with Gasteiger partial charge in [-0.25, -0.2) is 19.9 Å². The molecule has 170 valence electrons. The number of rotatable bonds is 11. The third kappa shape index (κ3) is 6.84. The molecule has 0 atom stereocenters. The number of halogens is 1. The van der Waals surface area contributed by atoms with Gasteiger partial charge in [-0.15, -0.1) is 0 Å². The van der Waals surface area contributed by atoms with E-state index in [2.05, 4.69) is 45.3 Å². The van der Waals surface area contributed by atoms with Crippen molar-refractivity contribution < 1.29 is 28.9 Å². The van der Waals surface area contributed by atoms with Crippen LogP contribution in [0.5, 0.6) is 11.9 Å². The average molecular weight is 531 g/mol. The Morgan fingerprint density at radius 3 is 2.53 bits per heavy atom. The molecule has 0 saturated heterocycles. The third-order valence-corrected chi connectivity index (χ3v) is 4.94. The summed E-state index contributed by atoms with van der Waals surface area (Å²) < 4.78 is 105. The summed E-state index contributed by atoms with van der Waals surface area (Å²) >= 11 is 2.99. The van der Waals surface area contributed by atoms with Crippen molar-refractivity contribution in [3.63, 3.8) is 0 Å². The Kier molecular flexibility index (Phi) is 5.26. The zero-order valence-electron chi connectivity index (χ0n) is 24.9. The Labute approximate surface area is 206 Å². The summed E-state index contributed by atoms with van der Waals surface area (Å²) in [6.45, 7) is -0.346. The molecular weight excluding hydrogens is 500 g/mol. The van der Waals surface area contributed by atoms with E-state index in [0.717, 1.165) is 6.33 Å². The van der Waals surface area contributed by atoms with E-state index < -0.39 is 76.4 Å². The highest BCUT2D eigenvalue weighted by atomic mass is 79.9. The van der Waals surface area contributed by atoms with Crippen LogP contribution < -0.4 is 18.9 Å². The predicted molar refractivity (Wildman–Crippen MR) is 124 cm³/mol. The highest BCUT2D eigenvalue weighted by molar-refractivity contribution is 9.10. The molecule has 1 aromatic carbocycles. The maximum atomic E-state index is 12.6. The standard InChI is InChI=1S/C20H23BrN6O4S/c1-3-8-26-32(28,29)27-18-17(15-4-6-16(21)7-5-15)19(25-13-24-18)30-9-10-31-20-22-11-14(2)12-23-20/h4-7,11-13,26H,3,8-10H2,1-2H3,(H,24,25,27)/i4D,5D,6D,7D,9D2,11D,12D. The van der Waals surface area contributed by atoms with E-state index in [1.54, 1.807) is 6.92 Å². The number of nitrogens with zero attached hydrogens (tertiary/aromatic N) is 4. The summed E-state index contributed by atoms with van der Waals surface area (Å²) in [5, 5.41) is 0. The molecule has 32 heavy (non-hydrogen) atoms. The molecule has 2 N–H and O–H groups in total. The number of hydrogen-bond donors (Lipinski definition) is 2. The fraction of sp³-hybridized carbons (Fsp3) is 0.300. The molecule has 2 aromatic heterocycles. The van der Waals surface area contributed by atoms with Crippen LogP contribution in [0.3, 0.4) is 0 Å². The molecule has 0 amide bonds. The molecule has 3 aromatic rings. The van der Waals surface area contributed by atoms with Crippen molar-refractivity contribution in [2.24, 2.45) is 0 Å². The molecule has 2 heterocycles. The lowest BCUT2D eigenvalue weighted by atomic mass is 10.1. The van der Waals surface area contributed by atoms with Gasteiger partial charge in [-0.1, -0.05) is 34.9 Å². The van der Waals surface area contributed by atoms with Crippen molar-refractivity contribution in [1.29, 1.82) is 0 Å². The van der Waals surface area contributed by atoms with E-state index >= 15 is 0 Å². The molecule has 0 spiro atoms. The van der Waals surface area contributed by atoms with E-state index in [1.165, 1.54) is 6.92 Å². The summed E-state index contributed by atoms with van der Waals surface area (Å²) in [5.41, 5.74) is -0.737. The van der Waals surface area contributed by atoms with Crippen molar-refractivity contribution in [2.75, 3.05) is 24.4 Å². The van der Waals surface area contributed by atoms with Crippen LogP contribution in [0, 0.1) is 6.92 Å². The summed E-state index contributed by atoms with van der Waals surface area (Å²) in [7, 11) is -4.24. The second-order valence-electron chi connectivity index (χ2n) is 5.98. The van der Waals surface area contributed by atoms with Gasteiger partial charge in [0.15, 0.2) is 5.82 Å². The van der Waals surface area contributed by atoms with Gasteiger partial charge in [0.2, 0.25) is 5.88 Å². The van der Waals surface area contributed by atoms with Gasteiger partial charge in [0.1, 0.15) is 19.5 Å². The quantitative estimate of drug-likeness (QED) is 0.386. The van der Waals surface area contributed by atoms with Gasteiger partial charge in [0, 0.05) is 23.4 Å². The predicted octanol–water partition coefficient (Wildman–Crippen LogP) is 3.12. The van der Waals surface area contributed by atoms with Crippen LogP contribution in [0.1, 0.15) is 29.9 Å². The number of hydrogen-bond acceptors (Lipinski definition) is 8. The third-order valence-electron chi connectivity index (χ3n) is 3.50. The Bertz CT molecular complexity index is 1500. The van der Waals surface area contributed by atoms with Gasteiger partial charge in [-0.05, 0) is 36.6 Å². The summed E-state index contributed by atoms with van der Waals surface area (Å²) in [6.07, 6.45) is 0.735. The normalized spacial score (nSPS) is 15.2. The SMILES string of the molecule is [2H]c1nc(OCC([2H])([2H])Oc2ncnc(NS(=O)(=O)NCCC)c2-c2c([2H])c([2H])c(Br)c([2H])c2[2H])nc([2H])c1C. The van der Waals surface area contributed by atoms with Crippen molar-refractivity contribution in [2.45, 2.75) is 20.3 Å². The Balaban J connectivity index is 2.11. The maximum absolute atomic E-state index is 12.6. The van der Waals surface area contributed by atoms with Gasteiger partial charge in [-0.2, -0.15) is 13.1 Å². The minimum atomic E-state index is -4.24. The van der Waals surface area contributed by atoms with E-state index in [4.69, 9.17) is 20.4 Å². The first-order valence-electron chi connectivity index (χ1n) is 13.1. The van der Waals surface area contributed by atoms with Gasteiger partial charge >= 0.3 is 6.01 Å². The van der Waals surface area contributed by atoms with Crippen molar-refractivity contribution in [1.82, 2.24) is 24.7 Å². The monoisotopic (exact) mass is 530 g/mol. The maximum Gasteiger partial charge on any atom is 0.316 e. The molecule has 0 fully saturated rings. The van der Waals surface area contributed by atoms with Crippen LogP contribution in [0.25, 0.3) is 11.1 Å². The van der Waals surface area contributed by atoms with Gasteiger partial charge < -0.3 is 9.47 Å². The fourth-order valence-electron chi connectivity index (χ4n) is 2.14. The van der Waals surface area contributed by atoms with Crippen LogP contribution in [0.4, 0.5) is 5.82 Å². The van der Waals surface area contributed by atoms with Crippen molar-refractivity contribution >= 4 is 32.0 Å². The van der Waals surface area contributed by atoms with Crippen molar-refractivity contribution in [3.8, 4) is 23.0 Å². The number of anilines is 1. The van der Waals surface area contributed by atoms with Crippen LogP contribution in [0.15, 0.2) is 47.3 Å². The molecule has 12 heteroatoms. The number of ether oxygens (including phenoxy) is 2. The Hall–Kier alpha value is -2.83. The fourth-order valence-corrected chi connectivity index (χ4v) is 3.29. The second kappa shape index (κ2) is 11.2. The first kappa shape index (κ1) is 15.1. The number of aromatic nitrogens is 4. The highest BCUT2D eigenvalue weighted by Crippen LogP contribution is 2.34. The first-order valence-corrected chi connectivity index (χ1v) is 11.4. The van der Waals surface area contributed by atoms with Gasteiger partial charge in [0.05, 0.1) is 16.5 Å². The van der Waals surface area contributed by atoms with Gasteiger partial charge in [-0.3, -0.25) is 4.72 Å². The summed E-state index contributed by atoms with van der Waals surface area (Å²) in [4.78, 5) is 15.2. The molecule has 0 aliphatic carbocycles. The minimum Gasteiger partial charge on any atom is -0.473 e. The zero-order chi connectivity index (χ0) is 30.0.